The lowest BCUT2D eigenvalue weighted by Crippen LogP contribution is -2.14. The number of rotatable bonds is 4. The molecule has 5 nitrogen and oxygen atoms in total. The SMILES string of the molecule is CCOc1c(N)cccc1C(=O)Nc1nc(C)cs1. The number of para-hydroxylation sites is 1. The summed E-state index contributed by atoms with van der Waals surface area (Å²) in [6, 6.07) is 5.10. The molecule has 0 aliphatic rings. The predicted octanol–water partition coefficient (Wildman–Crippen LogP) is 2.68. The van der Waals surface area contributed by atoms with Crippen molar-refractivity contribution in [1.29, 1.82) is 0 Å². The molecule has 100 valence electrons. The summed E-state index contributed by atoms with van der Waals surface area (Å²) >= 11 is 1.38. The van der Waals surface area contributed by atoms with E-state index in [1.54, 1.807) is 18.2 Å². The quantitative estimate of drug-likeness (QED) is 0.842. The number of thiazole rings is 1. The fraction of sp³-hybridized carbons (Fsp3) is 0.231. The van der Waals surface area contributed by atoms with E-state index in [-0.39, 0.29) is 5.91 Å². The van der Waals surface area contributed by atoms with Crippen LogP contribution in [0.4, 0.5) is 10.8 Å². The molecule has 1 aromatic heterocycles. The normalized spacial score (nSPS) is 10.2. The second-order valence-electron chi connectivity index (χ2n) is 3.91. The number of aromatic nitrogens is 1. The number of nitrogens with one attached hydrogen (secondary N) is 1. The van der Waals surface area contributed by atoms with E-state index >= 15 is 0 Å². The fourth-order valence-electron chi connectivity index (χ4n) is 1.61. The first-order valence-electron chi connectivity index (χ1n) is 5.86. The van der Waals surface area contributed by atoms with E-state index in [1.807, 2.05) is 19.2 Å². The minimum atomic E-state index is -0.273. The summed E-state index contributed by atoms with van der Waals surface area (Å²) in [7, 11) is 0. The number of nitrogen functional groups attached to an aromatic ring is 1. The second kappa shape index (κ2) is 5.71. The molecule has 2 aromatic rings. The van der Waals surface area contributed by atoms with Crippen molar-refractivity contribution in [2.24, 2.45) is 0 Å². The first-order chi connectivity index (χ1) is 9.11. The minimum absolute atomic E-state index is 0.273. The number of nitrogens with two attached hydrogens (primary N) is 1. The molecule has 0 aliphatic carbocycles. The van der Waals surface area contributed by atoms with Crippen LogP contribution in [0.2, 0.25) is 0 Å². The monoisotopic (exact) mass is 277 g/mol. The maximum Gasteiger partial charge on any atom is 0.261 e. The molecule has 0 aliphatic heterocycles. The molecule has 0 bridgehead atoms. The van der Waals surface area contributed by atoms with E-state index in [4.69, 9.17) is 10.5 Å². The summed E-state index contributed by atoms with van der Waals surface area (Å²) in [5.41, 5.74) is 7.56. The predicted molar refractivity (Wildman–Crippen MR) is 76.8 cm³/mol. The molecular weight excluding hydrogens is 262 g/mol. The highest BCUT2D eigenvalue weighted by molar-refractivity contribution is 7.13. The Balaban J connectivity index is 2.25. The van der Waals surface area contributed by atoms with E-state index in [9.17, 15) is 4.79 Å². The average Bonchev–Trinajstić information content (AvgIpc) is 2.77. The van der Waals surface area contributed by atoms with Gasteiger partial charge in [-0.25, -0.2) is 4.98 Å². The molecule has 0 saturated heterocycles. The molecule has 3 N–H and O–H groups in total. The van der Waals surface area contributed by atoms with Crippen LogP contribution < -0.4 is 15.8 Å². The Morgan fingerprint density at radius 3 is 2.95 bits per heavy atom. The van der Waals surface area contributed by atoms with Crippen molar-refractivity contribution in [3.05, 3.63) is 34.8 Å². The van der Waals surface area contributed by atoms with Crippen molar-refractivity contribution in [2.45, 2.75) is 13.8 Å². The maximum atomic E-state index is 12.2. The van der Waals surface area contributed by atoms with Crippen LogP contribution in [0.1, 0.15) is 23.0 Å². The van der Waals surface area contributed by atoms with Gasteiger partial charge in [0.15, 0.2) is 10.9 Å². The first kappa shape index (κ1) is 13.4. The van der Waals surface area contributed by atoms with Crippen LogP contribution in [0.25, 0.3) is 0 Å². The van der Waals surface area contributed by atoms with Crippen LogP contribution in [0.5, 0.6) is 5.75 Å². The molecule has 0 fully saturated rings. The Labute approximate surface area is 115 Å². The Morgan fingerprint density at radius 1 is 1.53 bits per heavy atom. The molecule has 2 rings (SSSR count). The van der Waals surface area contributed by atoms with Crippen LogP contribution in [-0.4, -0.2) is 17.5 Å². The molecule has 0 saturated carbocycles. The Hall–Kier alpha value is -2.08. The van der Waals surface area contributed by atoms with Gasteiger partial charge in [0.1, 0.15) is 0 Å². The summed E-state index contributed by atoms with van der Waals surface area (Å²) in [6.07, 6.45) is 0. The van der Waals surface area contributed by atoms with Crippen LogP contribution >= 0.6 is 11.3 Å². The van der Waals surface area contributed by atoms with Crippen LogP contribution in [0, 0.1) is 6.92 Å². The van der Waals surface area contributed by atoms with Gasteiger partial charge >= 0.3 is 0 Å². The Morgan fingerprint density at radius 2 is 2.32 bits per heavy atom. The third-order valence-electron chi connectivity index (χ3n) is 2.42. The third-order valence-corrected chi connectivity index (χ3v) is 3.29. The van der Waals surface area contributed by atoms with Crippen molar-refractivity contribution in [1.82, 2.24) is 4.98 Å². The number of aryl methyl sites for hydroxylation is 1. The van der Waals surface area contributed by atoms with Gasteiger partial charge in [-0.3, -0.25) is 10.1 Å². The molecule has 19 heavy (non-hydrogen) atoms. The standard InChI is InChI=1S/C13H15N3O2S/c1-3-18-11-9(5-4-6-10(11)14)12(17)16-13-15-8(2)7-19-13/h4-7H,3,14H2,1-2H3,(H,15,16,17). The Kier molecular flexibility index (Phi) is 4.01. The molecule has 0 radical (unpaired) electrons. The number of amides is 1. The topological polar surface area (TPSA) is 77.2 Å². The number of nitrogens with zero attached hydrogens (tertiary/aromatic N) is 1. The van der Waals surface area contributed by atoms with Gasteiger partial charge in [0.25, 0.3) is 5.91 Å². The molecule has 0 unspecified atom stereocenters. The summed E-state index contributed by atoms with van der Waals surface area (Å²) < 4.78 is 5.43. The summed E-state index contributed by atoms with van der Waals surface area (Å²) in [6.45, 7) is 4.17. The molecule has 0 spiro atoms. The number of carbonyl (C=O) groups is 1. The Bertz CT molecular complexity index is 595. The minimum Gasteiger partial charge on any atom is -0.491 e. The van der Waals surface area contributed by atoms with E-state index in [0.29, 0.717) is 28.7 Å². The summed E-state index contributed by atoms with van der Waals surface area (Å²) in [4.78, 5) is 16.4. The van der Waals surface area contributed by atoms with Crippen LogP contribution in [0.3, 0.4) is 0 Å². The highest BCUT2D eigenvalue weighted by Gasteiger charge is 2.16. The van der Waals surface area contributed by atoms with E-state index in [2.05, 4.69) is 10.3 Å². The van der Waals surface area contributed by atoms with Gasteiger partial charge in [0, 0.05) is 5.38 Å². The lowest BCUT2D eigenvalue weighted by atomic mass is 10.1. The molecule has 1 amide bonds. The van der Waals surface area contributed by atoms with Gasteiger partial charge in [0.05, 0.1) is 23.6 Å². The van der Waals surface area contributed by atoms with Gasteiger partial charge in [-0.15, -0.1) is 11.3 Å². The van der Waals surface area contributed by atoms with Gasteiger partial charge in [-0.1, -0.05) is 6.07 Å². The van der Waals surface area contributed by atoms with Crippen molar-refractivity contribution in [2.75, 3.05) is 17.7 Å². The molecule has 1 aromatic carbocycles. The average molecular weight is 277 g/mol. The fourth-order valence-corrected chi connectivity index (χ4v) is 2.30. The van der Waals surface area contributed by atoms with Crippen LogP contribution in [-0.2, 0) is 0 Å². The molecule has 1 heterocycles. The van der Waals surface area contributed by atoms with Crippen molar-refractivity contribution < 1.29 is 9.53 Å². The molecule has 0 atom stereocenters. The van der Waals surface area contributed by atoms with Crippen LogP contribution in [0.15, 0.2) is 23.6 Å². The van der Waals surface area contributed by atoms with Crippen molar-refractivity contribution in [3.63, 3.8) is 0 Å². The first-order valence-corrected chi connectivity index (χ1v) is 6.74. The molecule has 6 heteroatoms. The zero-order valence-electron chi connectivity index (χ0n) is 10.8. The van der Waals surface area contributed by atoms with E-state index < -0.39 is 0 Å². The number of carbonyl (C=O) groups excluding carboxylic acids is 1. The highest BCUT2D eigenvalue weighted by atomic mass is 32.1. The number of benzene rings is 1. The number of anilines is 2. The number of ether oxygens (including phenoxy) is 1. The van der Waals surface area contributed by atoms with E-state index in [0.717, 1.165) is 5.69 Å². The molecular formula is C13H15N3O2S. The van der Waals surface area contributed by atoms with Gasteiger partial charge < -0.3 is 10.5 Å². The zero-order valence-corrected chi connectivity index (χ0v) is 11.6. The van der Waals surface area contributed by atoms with Gasteiger partial charge in [-0.2, -0.15) is 0 Å². The zero-order chi connectivity index (χ0) is 13.8. The van der Waals surface area contributed by atoms with Crippen molar-refractivity contribution >= 4 is 28.1 Å². The lowest BCUT2D eigenvalue weighted by molar-refractivity contribution is 0.102. The van der Waals surface area contributed by atoms with E-state index in [1.165, 1.54) is 11.3 Å². The highest BCUT2D eigenvalue weighted by Crippen LogP contribution is 2.27. The second-order valence-corrected chi connectivity index (χ2v) is 4.76. The summed E-state index contributed by atoms with van der Waals surface area (Å²) in [5, 5.41) is 5.17. The number of hydrogen-bond donors (Lipinski definition) is 2. The van der Waals surface area contributed by atoms with Crippen molar-refractivity contribution in [3.8, 4) is 5.75 Å². The summed E-state index contributed by atoms with van der Waals surface area (Å²) in [5.74, 6) is 0.140. The van der Waals surface area contributed by atoms with Gasteiger partial charge in [0.2, 0.25) is 0 Å². The third kappa shape index (κ3) is 3.03. The number of hydrogen-bond acceptors (Lipinski definition) is 5. The maximum absolute atomic E-state index is 12.2. The smallest absolute Gasteiger partial charge is 0.261 e. The lowest BCUT2D eigenvalue weighted by Gasteiger charge is -2.11. The largest absolute Gasteiger partial charge is 0.491 e. The van der Waals surface area contributed by atoms with Gasteiger partial charge in [-0.05, 0) is 26.0 Å².